The van der Waals surface area contributed by atoms with Crippen molar-refractivity contribution in [3.8, 4) is 0 Å². The fourth-order valence-electron chi connectivity index (χ4n) is 1.34. The Morgan fingerprint density at radius 1 is 1.05 bits per heavy atom. The zero-order valence-corrected chi connectivity index (χ0v) is 12.4. The standard InChI is InChI=1S/C14H18N2O6/c1-2-3-4-12(14(20)22-8-6-16-11-18)9-13(19)21-7-5-15-10-17/h9H,2-8H2,1H3. The summed E-state index contributed by atoms with van der Waals surface area (Å²) in [4.78, 5) is 49.6. The van der Waals surface area contributed by atoms with Crippen LogP contribution < -0.4 is 0 Å². The number of ether oxygens (including phenoxy) is 2. The predicted octanol–water partition coefficient (Wildman–Crippen LogP) is 0.861. The van der Waals surface area contributed by atoms with Gasteiger partial charge in [0.15, 0.2) is 0 Å². The van der Waals surface area contributed by atoms with E-state index in [0.29, 0.717) is 12.8 Å². The van der Waals surface area contributed by atoms with Crippen molar-refractivity contribution in [2.75, 3.05) is 26.3 Å². The van der Waals surface area contributed by atoms with Gasteiger partial charge in [0.2, 0.25) is 12.2 Å². The van der Waals surface area contributed by atoms with Gasteiger partial charge >= 0.3 is 11.9 Å². The van der Waals surface area contributed by atoms with E-state index in [1.165, 1.54) is 12.2 Å². The predicted molar refractivity (Wildman–Crippen MR) is 75.5 cm³/mol. The lowest BCUT2D eigenvalue weighted by Crippen LogP contribution is -2.14. The molecule has 0 saturated heterocycles. The maximum Gasteiger partial charge on any atom is 0.334 e. The van der Waals surface area contributed by atoms with Crippen LogP contribution in [0.3, 0.4) is 0 Å². The molecule has 22 heavy (non-hydrogen) atoms. The minimum Gasteiger partial charge on any atom is -0.461 e. The van der Waals surface area contributed by atoms with Gasteiger partial charge in [-0.1, -0.05) is 13.3 Å². The van der Waals surface area contributed by atoms with E-state index in [1.807, 2.05) is 6.92 Å². The molecule has 0 rings (SSSR count). The Morgan fingerprint density at radius 3 is 2.18 bits per heavy atom. The summed E-state index contributed by atoms with van der Waals surface area (Å²) in [5.74, 6) is -1.37. The Bertz CT molecular complexity index is 488. The summed E-state index contributed by atoms with van der Waals surface area (Å²) in [5.41, 5.74) is 0.181. The highest BCUT2D eigenvalue weighted by atomic mass is 16.5. The molecule has 0 aromatic heterocycles. The molecule has 0 unspecified atom stereocenters. The van der Waals surface area contributed by atoms with Gasteiger partial charge in [-0.2, -0.15) is 0 Å². The molecular weight excluding hydrogens is 292 g/mol. The van der Waals surface area contributed by atoms with Gasteiger partial charge in [0.05, 0.1) is 13.1 Å². The van der Waals surface area contributed by atoms with E-state index in [1.54, 1.807) is 0 Å². The molecule has 0 heterocycles. The molecule has 0 aromatic rings. The average Bonchev–Trinajstić information content (AvgIpc) is 2.52. The highest BCUT2D eigenvalue weighted by molar-refractivity contribution is 5.96. The number of aliphatic imine (C=N–C) groups is 2. The maximum absolute atomic E-state index is 11.8. The smallest absolute Gasteiger partial charge is 0.334 e. The first kappa shape index (κ1) is 19.4. The average molecular weight is 310 g/mol. The molecule has 8 nitrogen and oxygen atoms in total. The van der Waals surface area contributed by atoms with Gasteiger partial charge in [-0.15, -0.1) is 0 Å². The molecule has 0 aliphatic rings. The summed E-state index contributed by atoms with van der Waals surface area (Å²) in [5, 5.41) is 0. The van der Waals surface area contributed by atoms with Crippen LogP contribution in [0.5, 0.6) is 0 Å². The number of esters is 2. The lowest BCUT2D eigenvalue weighted by atomic mass is 10.1. The quantitative estimate of drug-likeness (QED) is 0.184. The van der Waals surface area contributed by atoms with Crippen LogP contribution in [0.2, 0.25) is 0 Å². The number of hydrogen-bond acceptors (Lipinski definition) is 8. The van der Waals surface area contributed by atoms with Crippen molar-refractivity contribution in [1.82, 2.24) is 0 Å². The van der Waals surface area contributed by atoms with E-state index in [9.17, 15) is 19.2 Å². The Hall–Kier alpha value is -2.56. The fourth-order valence-corrected chi connectivity index (χ4v) is 1.34. The summed E-state index contributed by atoms with van der Waals surface area (Å²) >= 11 is 0. The van der Waals surface area contributed by atoms with Crippen LogP contribution in [-0.4, -0.2) is 50.4 Å². The highest BCUT2D eigenvalue weighted by Crippen LogP contribution is 2.10. The van der Waals surface area contributed by atoms with Crippen LogP contribution in [0.4, 0.5) is 0 Å². The summed E-state index contributed by atoms with van der Waals surface area (Å²) < 4.78 is 9.67. The molecule has 8 heteroatoms. The number of carbonyl (C=O) groups excluding carboxylic acids is 4. The summed E-state index contributed by atoms with van der Waals surface area (Å²) in [7, 11) is 0. The van der Waals surface area contributed by atoms with Gasteiger partial charge in [-0.3, -0.25) is 0 Å². The minimum atomic E-state index is -0.713. The number of hydrogen-bond donors (Lipinski definition) is 0. The van der Waals surface area contributed by atoms with Crippen LogP contribution in [0.1, 0.15) is 26.2 Å². The van der Waals surface area contributed by atoms with Gasteiger partial charge in [0.25, 0.3) is 0 Å². The summed E-state index contributed by atoms with van der Waals surface area (Å²) in [6.45, 7) is 1.83. The Kier molecular flexibility index (Phi) is 11.9. The second-order valence-electron chi connectivity index (χ2n) is 4.02. The van der Waals surface area contributed by atoms with Gasteiger partial charge in [-0.05, 0) is 12.8 Å². The molecule has 0 spiro atoms. The highest BCUT2D eigenvalue weighted by Gasteiger charge is 2.13. The second-order valence-corrected chi connectivity index (χ2v) is 4.02. The number of carbonyl (C=O) groups is 2. The Morgan fingerprint density at radius 2 is 1.64 bits per heavy atom. The summed E-state index contributed by atoms with van der Waals surface area (Å²) in [6, 6.07) is 0. The first-order valence-electron chi connectivity index (χ1n) is 6.77. The SMILES string of the molecule is CCCCC(=CC(=O)OCCN=C=O)C(=O)OCCN=C=O. The Labute approximate surface area is 127 Å². The van der Waals surface area contributed by atoms with Crippen molar-refractivity contribution in [2.24, 2.45) is 9.98 Å². The van der Waals surface area contributed by atoms with Crippen molar-refractivity contribution in [3.63, 3.8) is 0 Å². The molecule has 0 atom stereocenters. The fraction of sp³-hybridized carbons (Fsp3) is 0.571. The summed E-state index contributed by atoms with van der Waals surface area (Å²) in [6.07, 6.45) is 5.62. The molecule has 0 N–H and O–H groups in total. The molecule has 0 bridgehead atoms. The van der Waals surface area contributed by atoms with E-state index in [4.69, 9.17) is 9.47 Å². The lowest BCUT2D eigenvalue weighted by Gasteiger charge is -2.07. The van der Waals surface area contributed by atoms with E-state index >= 15 is 0 Å². The van der Waals surface area contributed by atoms with E-state index in [0.717, 1.165) is 12.5 Å². The van der Waals surface area contributed by atoms with Crippen LogP contribution >= 0.6 is 0 Å². The maximum atomic E-state index is 11.8. The normalized spacial score (nSPS) is 10.1. The zero-order valence-electron chi connectivity index (χ0n) is 12.4. The molecule has 0 fully saturated rings. The molecule has 0 aromatic carbocycles. The number of nitrogens with zero attached hydrogens (tertiary/aromatic N) is 2. The van der Waals surface area contributed by atoms with Crippen LogP contribution in [0.25, 0.3) is 0 Å². The molecule has 0 saturated carbocycles. The van der Waals surface area contributed by atoms with Crippen molar-refractivity contribution in [3.05, 3.63) is 11.6 Å². The third kappa shape index (κ3) is 10.3. The van der Waals surface area contributed by atoms with Gasteiger partial charge in [0, 0.05) is 11.6 Å². The third-order valence-corrected chi connectivity index (χ3v) is 2.37. The Balaban J connectivity index is 4.53. The van der Waals surface area contributed by atoms with Crippen LogP contribution in [0, 0.1) is 0 Å². The van der Waals surface area contributed by atoms with Crippen molar-refractivity contribution >= 4 is 24.1 Å². The first-order chi connectivity index (χ1) is 10.7. The molecule has 0 amide bonds. The van der Waals surface area contributed by atoms with E-state index in [-0.39, 0.29) is 31.9 Å². The molecule has 0 aliphatic heterocycles. The van der Waals surface area contributed by atoms with Gasteiger partial charge < -0.3 is 9.47 Å². The lowest BCUT2D eigenvalue weighted by molar-refractivity contribution is -0.141. The molecular formula is C14H18N2O6. The van der Waals surface area contributed by atoms with E-state index < -0.39 is 11.9 Å². The van der Waals surface area contributed by atoms with Crippen molar-refractivity contribution in [2.45, 2.75) is 26.2 Å². The first-order valence-corrected chi connectivity index (χ1v) is 6.77. The largest absolute Gasteiger partial charge is 0.461 e. The van der Waals surface area contributed by atoms with Crippen molar-refractivity contribution in [1.29, 1.82) is 0 Å². The monoisotopic (exact) mass is 310 g/mol. The number of rotatable bonds is 11. The van der Waals surface area contributed by atoms with Crippen LogP contribution in [-0.2, 0) is 28.7 Å². The second kappa shape index (κ2) is 13.4. The molecule has 120 valence electrons. The molecule has 0 aliphatic carbocycles. The third-order valence-electron chi connectivity index (χ3n) is 2.37. The molecule has 0 radical (unpaired) electrons. The zero-order chi connectivity index (χ0) is 16.6. The van der Waals surface area contributed by atoms with Crippen LogP contribution in [0.15, 0.2) is 21.6 Å². The number of isocyanates is 2. The number of unbranched alkanes of at least 4 members (excludes halogenated alkanes) is 1. The van der Waals surface area contributed by atoms with Gasteiger partial charge in [-0.25, -0.2) is 29.2 Å². The van der Waals surface area contributed by atoms with Crippen molar-refractivity contribution < 1.29 is 28.7 Å². The van der Waals surface area contributed by atoms with E-state index in [2.05, 4.69) is 9.98 Å². The topological polar surface area (TPSA) is 111 Å². The van der Waals surface area contributed by atoms with Gasteiger partial charge in [0.1, 0.15) is 13.2 Å². The minimum absolute atomic E-state index is 0.0154.